The maximum absolute atomic E-state index is 13.0. The summed E-state index contributed by atoms with van der Waals surface area (Å²) in [6.07, 6.45) is 4.11. The number of aliphatic hydroxyl groups excluding tert-OH is 1. The first-order valence-corrected chi connectivity index (χ1v) is 7.91. The Bertz CT molecular complexity index is 922. The largest absolute Gasteiger partial charge is 0.437 e. The second-order valence-corrected chi connectivity index (χ2v) is 5.88. The first-order chi connectivity index (χ1) is 12.1. The summed E-state index contributed by atoms with van der Waals surface area (Å²) in [4.78, 5) is 6.23. The van der Waals surface area contributed by atoms with Gasteiger partial charge in [-0.3, -0.25) is 9.47 Å². The van der Waals surface area contributed by atoms with Gasteiger partial charge in [-0.1, -0.05) is 11.6 Å². The molecule has 1 N–H and O–H groups in total. The van der Waals surface area contributed by atoms with Crippen LogP contribution in [0.3, 0.4) is 0 Å². The Hall–Kier alpha value is -2.83. The van der Waals surface area contributed by atoms with Crippen LogP contribution in [0.5, 0.6) is 11.6 Å². The van der Waals surface area contributed by atoms with Crippen LogP contribution in [0.2, 0.25) is 5.02 Å². The normalized spacial score (nSPS) is 16.0. The Kier molecular flexibility index (Phi) is 3.91. The summed E-state index contributed by atoms with van der Waals surface area (Å²) in [7, 11) is 0. The monoisotopic (exact) mass is 357 g/mol. The number of ether oxygens (including phenoxy) is 1. The highest BCUT2D eigenvalue weighted by molar-refractivity contribution is 6.30. The van der Waals surface area contributed by atoms with Gasteiger partial charge in [0.1, 0.15) is 11.6 Å². The number of aromatic nitrogens is 2. The molecule has 3 aromatic rings. The van der Waals surface area contributed by atoms with Gasteiger partial charge in [0.05, 0.1) is 6.20 Å². The Morgan fingerprint density at radius 3 is 2.52 bits per heavy atom. The third-order valence-electron chi connectivity index (χ3n) is 3.74. The highest BCUT2D eigenvalue weighted by Gasteiger charge is 2.23. The second kappa shape index (κ2) is 6.23. The molecule has 1 atom stereocenters. The van der Waals surface area contributed by atoms with Crippen molar-refractivity contribution in [1.29, 1.82) is 0 Å². The average molecular weight is 358 g/mol. The number of anilines is 2. The van der Waals surface area contributed by atoms with E-state index >= 15 is 0 Å². The minimum absolute atomic E-state index is 0.295. The van der Waals surface area contributed by atoms with Crippen LogP contribution in [0.4, 0.5) is 16.0 Å². The highest BCUT2D eigenvalue weighted by atomic mass is 35.5. The first-order valence-electron chi connectivity index (χ1n) is 7.54. The van der Waals surface area contributed by atoms with Crippen LogP contribution in [0.15, 0.2) is 67.0 Å². The molecule has 0 bridgehead atoms. The molecule has 0 saturated carbocycles. The lowest BCUT2D eigenvalue weighted by Crippen LogP contribution is -2.21. The second-order valence-electron chi connectivity index (χ2n) is 5.44. The third kappa shape index (κ3) is 3.09. The maximum atomic E-state index is 13.0. The van der Waals surface area contributed by atoms with Gasteiger partial charge in [-0.15, -0.1) is 0 Å². The third-order valence-corrected chi connectivity index (χ3v) is 3.99. The van der Waals surface area contributed by atoms with E-state index in [1.807, 2.05) is 12.1 Å². The molecule has 0 fully saturated rings. The van der Waals surface area contributed by atoms with Crippen molar-refractivity contribution in [2.75, 3.05) is 4.90 Å². The van der Waals surface area contributed by atoms with Crippen LogP contribution >= 0.6 is 11.6 Å². The van der Waals surface area contributed by atoms with Crippen LogP contribution in [0.1, 0.15) is 6.23 Å². The Balaban J connectivity index is 1.67. The molecule has 1 aliphatic rings. The zero-order chi connectivity index (χ0) is 17.4. The van der Waals surface area contributed by atoms with Gasteiger partial charge in [0.25, 0.3) is 0 Å². The number of hydrogen-bond donors (Lipinski definition) is 1. The highest BCUT2D eigenvalue weighted by Crippen LogP contribution is 2.34. The van der Waals surface area contributed by atoms with Crippen molar-refractivity contribution in [3.05, 3.63) is 77.8 Å². The van der Waals surface area contributed by atoms with E-state index in [2.05, 4.69) is 4.98 Å². The van der Waals surface area contributed by atoms with Gasteiger partial charge in [-0.05, 0) is 54.6 Å². The number of fused-ring (bicyclic) bond motifs is 1. The molecule has 0 saturated heterocycles. The van der Waals surface area contributed by atoms with Crippen LogP contribution in [-0.2, 0) is 0 Å². The molecular weight excluding hydrogens is 345 g/mol. The fourth-order valence-corrected chi connectivity index (χ4v) is 2.66. The smallest absolute Gasteiger partial charge is 0.239 e. The van der Waals surface area contributed by atoms with Crippen molar-refractivity contribution < 1.29 is 14.2 Å². The minimum Gasteiger partial charge on any atom is -0.437 e. The molecule has 0 amide bonds. The van der Waals surface area contributed by atoms with Crippen LogP contribution < -0.4 is 9.64 Å². The Labute approximate surface area is 148 Å². The van der Waals surface area contributed by atoms with Crippen molar-refractivity contribution >= 4 is 23.2 Å². The molecular formula is C18H13ClFN3O2. The van der Waals surface area contributed by atoms with Gasteiger partial charge in [0.2, 0.25) is 11.8 Å². The fraction of sp³-hybridized carbons (Fsp3) is 0.0556. The molecule has 1 unspecified atom stereocenters. The van der Waals surface area contributed by atoms with Gasteiger partial charge in [-0.2, -0.15) is 4.98 Å². The lowest BCUT2D eigenvalue weighted by Gasteiger charge is -2.26. The number of benzene rings is 2. The van der Waals surface area contributed by atoms with Crippen molar-refractivity contribution in [3.8, 4) is 11.6 Å². The summed E-state index contributed by atoms with van der Waals surface area (Å²) in [5.74, 6) is 0.903. The molecule has 0 radical (unpaired) electrons. The molecule has 4 rings (SSSR count). The van der Waals surface area contributed by atoms with Gasteiger partial charge in [0.15, 0.2) is 6.23 Å². The Morgan fingerprint density at radius 1 is 1.08 bits per heavy atom. The zero-order valence-electron chi connectivity index (χ0n) is 12.9. The first kappa shape index (κ1) is 15.7. The molecule has 0 spiro atoms. The average Bonchev–Trinajstić information content (AvgIpc) is 3.03. The van der Waals surface area contributed by atoms with E-state index in [0.717, 1.165) is 5.69 Å². The molecule has 2 aromatic carbocycles. The summed E-state index contributed by atoms with van der Waals surface area (Å²) in [6.45, 7) is 0. The van der Waals surface area contributed by atoms with E-state index in [9.17, 15) is 9.50 Å². The van der Waals surface area contributed by atoms with Gasteiger partial charge in [-0.25, -0.2) is 4.39 Å². The lowest BCUT2D eigenvalue weighted by atomic mass is 10.3. The number of nitrogens with zero attached hydrogens (tertiary/aromatic N) is 3. The fourth-order valence-electron chi connectivity index (χ4n) is 2.53. The topological polar surface area (TPSA) is 50.5 Å². The quantitative estimate of drug-likeness (QED) is 0.742. The van der Waals surface area contributed by atoms with E-state index in [-0.39, 0.29) is 5.82 Å². The van der Waals surface area contributed by atoms with E-state index in [4.69, 9.17) is 16.3 Å². The van der Waals surface area contributed by atoms with E-state index < -0.39 is 6.23 Å². The summed E-state index contributed by atoms with van der Waals surface area (Å²) in [6, 6.07) is 12.9. The predicted molar refractivity (Wildman–Crippen MR) is 92.7 cm³/mol. The molecule has 126 valence electrons. The number of aliphatic hydroxyl groups is 1. The lowest BCUT2D eigenvalue weighted by molar-refractivity contribution is 0.153. The van der Waals surface area contributed by atoms with Gasteiger partial charge in [0, 0.05) is 16.9 Å². The molecule has 7 heteroatoms. The van der Waals surface area contributed by atoms with Gasteiger partial charge >= 0.3 is 0 Å². The van der Waals surface area contributed by atoms with Crippen molar-refractivity contribution in [1.82, 2.24) is 9.55 Å². The molecule has 5 nitrogen and oxygen atoms in total. The molecule has 1 aromatic heterocycles. The molecule has 0 aliphatic carbocycles. The summed E-state index contributed by atoms with van der Waals surface area (Å²) in [5.41, 5.74) is 0.840. The van der Waals surface area contributed by atoms with E-state index in [1.54, 1.807) is 40.1 Å². The standard InChI is InChI=1S/C18H13ClFN3O2/c19-12-1-5-14(6-2-12)22-10-9-17(24)23-11-16(21-18(22)23)25-15-7-3-13(20)4-8-15/h1-11,17,24H. The zero-order valence-corrected chi connectivity index (χ0v) is 13.6. The number of halogens is 2. The number of rotatable bonds is 3. The van der Waals surface area contributed by atoms with Crippen molar-refractivity contribution in [2.24, 2.45) is 0 Å². The van der Waals surface area contributed by atoms with Crippen LogP contribution in [0, 0.1) is 5.82 Å². The molecule has 2 heterocycles. The van der Waals surface area contributed by atoms with Crippen molar-refractivity contribution in [2.45, 2.75) is 6.23 Å². The summed E-state index contributed by atoms with van der Waals surface area (Å²) in [5, 5.41) is 10.8. The summed E-state index contributed by atoms with van der Waals surface area (Å²) >= 11 is 5.94. The number of hydrogen-bond acceptors (Lipinski definition) is 4. The van der Waals surface area contributed by atoms with Crippen LogP contribution in [-0.4, -0.2) is 14.7 Å². The maximum Gasteiger partial charge on any atom is 0.239 e. The van der Waals surface area contributed by atoms with E-state index in [1.165, 1.54) is 24.3 Å². The summed E-state index contributed by atoms with van der Waals surface area (Å²) < 4.78 is 20.2. The predicted octanol–water partition coefficient (Wildman–Crippen LogP) is 4.62. The van der Waals surface area contributed by atoms with E-state index in [0.29, 0.717) is 22.6 Å². The molecule has 1 aliphatic heterocycles. The Morgan fingerprint density at radius 2 is 1.80 bits per heavy atom. The minimum atomic E-state index is -0.850. The number of imidazole rings is 1. The van der Waals surface area contributed by atoms with Gasteiger partial charge < -0.3 is 9.84 Å². The molecule has 25 heavy (non-hydrogen) atoms. The SMILES string of the molecule is OC1C=CN(c2ccc(Cl)cc2)c2nc(Oc3ccc(F)cc3)cn21. The van der Waals surface area contributed by atoms with Crippen LogP contribution in [0.25, 0.3) is 0 Å². The van der Waals surface area contributed by atoms with Crippen molar-refractivity contribution in [3.63, 3.8) is 0 Å².